The molecule has 0 aliphatic heterocycles. The van der Waals surface area contributed by atoms with E-state index in [2.05, 4.69) is 9.88 Å². The molecule has 0 radical (unpaired) electrons. The predicted octanol–water partition coefficient (Wildman–Crippen LogP) is 2.56. The second-order valence-corrected chi connectivity index (χ2v) is 6.61. The Morgan fingerprint density at radius 2 is 1.80 bits per heavy atom. The molecule has 0 fully saturated rings. The third-order valence-corrected chi connectivity index (χ3v) is 4.67. The van der Waals surface area contributed by atoms with E-state index in [0.717, 1.165) is 24.2 Å². The van der Waals surface area contributed by atoms with Crippen LogP contribution in [0.25, 0.3) is 22.2 Å². The van der Waals surface area contributed by atoms with Crippen LogP contribution in [0, 0.1) is 0 Å². The summed E-state index contributed by atoms with van der Waals surface area (Å²) >= 11 is 0. The number of carbonyl (C=O) groups is 1. The van der Waals surface area contributed by atoms with Crippen molar-refractivity contribution >= 4 is 16.7 Å². The fraction of sp³-hybridized carbons (Fsp3) is 0.250. The zero-order valence-electron chi connectivity index (χ0n) is 14.3. The lowest BCUT2D eigenvalue weighted by molar-refractivity contribution is 0.104. The molecule has 0 bridgehead atoms. The van der Waals surface area contributed by atoms with Crippen LogP contribution in [0.15, 0.2) is 47.4 Å². The van der Waals surface area contributed by atoms with Gasteiger partial charge < -0.3 is 9.47 Å². The van der Waals surface area contributed by atoms with Gasteiger partial charge in [0.15, 0.2) is 5.78 Å². The Kier molecular flexibility index (Phi) is 3.73. The Bertz CT molecular complexity index is 1050. The third kappa shape index (κ3) is 2.39. The highest BCUT2D eigenvalue weighted by Gasteiger charge is 2.32. The quantitative estimate of drug-likeness (QED) is 0.576. The lowest BCUT2D eigenvalue weighted by atomic mass is 10.1. The number of hydrogen-bond acceptors (Lipinski definition) is 4. The van der Waals surface area contributed by atoms with Crippen molar-refractivity contribution in [3.05, 3.63) is 64.1 Å². The molecule has 0 unspecified atom stereocenters. The fourth-order valence-electron chi connectivity index (χ4n) is 3.55. The van der Waals surface area contributed by atoms with Gasteiger partial charge in [0.1, 0.15) is 0 Å². The van der Waals surface area contributed by atoms with E-state index >= 15 is 0 Å². The standard InChI is InChI=1S/C20H19N3O2/c1-22(2)11-6-12-23-18-13-7-3-4-8-14(13)19(24)16(18)17-15(20(23)25)9-5-10-21-17/h3-5,7-10H,6,11-12H2,1-2H3. The second kappa shape index (κ2) is 5.93. The highest BCUT2D eigenvalue weighted by atomic mass is 16.1. The van der Waals surface area contributed by atoms with Gasteiger partial charge >= 0.3 is 0 Å². The van der Waals surface area contributed by atoms with Crippen molar-refractivity contribution in [3.63, 3.8) is 0 Å². The molecule has 0 amide bonds. The van der Waals surface area contributed by atoms with Gasteiger partial charge in [0.2, 0.25) is 0 Å². The summed E-state index contributed by atoms with van der Waals surface area (Å²) in [5.74, 6) is -0.0457. The van der Waals surface area contributed by atoms with E-state index in [9.17, 15) is 9.59 Å². The third-order valence-electron chi connectivity index (χ3n) is 4.67. The van der Waals surface area contributed by atoms with Crippen LogP contribution in [0.5, 0.6) is 0 Å². The molecule has 0 spiro atoms. The first-order chi connectivity index (χ1) is 12.1. The van der Waals surface area contributed by atoms with Gasteiger partial charge in [-0.2, -0.15) is 0 Å². The summed E-state index contributed by atoms with van der Waals surface area (Å²) < 4.78 is 1.76. The minimum atomic E-state index is -0.0786. The molecule has 1 aliphatic carbocycles. The summed E-state index contributed by atoms with van der Waals surface area (Å²) in [5.41, 5.74) is 3.18. The van der Waals surface area contributed by atoms with E-state index in [1.165, 1.54) is 0 Å². The molecule has 4 rings (SSSR count). The van der Waals surface area contributed by atoms with Crippen LogP contribution >= 0.6 is 0 Å². The Hall–Kier alpha value is -2.79. The van der Waals surface area contributed by atoms with Crippen LogP contribution in [-0.4, -0.2) is 40.9 Å². The van der Waals surface area contributed by atoms with Gasteiger partial charge in [-0.3, -0.25) is 14.6 Å². The van der Waals surface area contributed by atoms with E-state index in [4.69, 9.17) is 0 Å². The minimum Gasteiger partial charge on any atom is -0.309 e. The average Bonchev–Trinajstić information content (AvgIpc) is 2.91. The molecule has 3 aromatic rings. The fourth-order valence-corrected chi connectivity index (χ4v) is 3.55. The number of aromatic nitrogens is 2. The van der Waals surface area contributed by atoms with E-state index in [-0.39, 0.29) is 11.3 Å². The van der Waals surface area contributed by atoms with Gasteiger partial charge in [-0.1, -0.05) is 24.3 Å². The average molecular weight is 333 g/mol. The van der Waals surface area contributed by atoms with Crippen molar-refractivity contribution in [1.29, 1.82) is 0 Å². The van der Waals surface area contributed by atoms with Crippen LogP contribution in [0.1, 0.15) is 22.3 Å². The van der Waals surface area contributed by atoms with E-state index in [0.29, 0.717) is 28.6 Å². The van der Waals surface area contributed by atoms with Crippen LogP contribution < -0.4 is 5.56 Å². The maximum Gasteiger partial charge on any atom is 0.260 e. The molecule has 1 aliphatic rings. The van der Waals surface area contributed by atoms with Gasteiger partial charge in [0.25, 0.3) is 5.56 Å². The molecule has 0 saturated carbocycles. The van der Waals surface area contributed by atoms with Gasteiger partial charge in [-0.15, -0.1) is 0 Å². The van der Waals surface area contributed by atoms with Crippen LogP contribution in [0.3, 0.4) is 0 Å². The summed E-state index contributed by atoms with van der Waals surface area (Å²) in [4.78, 5) is 32.5. The number of hydrogen-bond donors (Lipinski definition) is 0. The number of pyridine rings is 2. The van der Waals surface area contributed by atoms with Crippen molar-refractivity contribution in [3.8, 4) is 11.3 Å². The number of carbonyl (C=O) groups excluding carboxylic acids is 1. The highest BCUT2D eigenvalue weighted by Crippen LogP contribution is 2.38. The van der Waals surface area contributed by atoms with E-state index < -0.39 is 0 Å². The molecule has 2 aromatic heterocycles. The summed E-state index contributed by atoms with van der Waals surface area (Å²) in [7, 11) is 4.02. The van der Waals surface area contributed by atoms with Crippen LogP contribution in [0.2, 0.25) is 0 Å². The molecule has 126 valence electrons. The molecular formula is C20H19N3O2. The van der Waals surface area contributed by atoms with Crippen LogP contribution in [-0.2, 0) is 6.54 Å². The predicted molar refractivity (Wildman–Crippen MR) is 98.0 cm³/mol. The summed E-state index contributed by atoms with van der Waals surface area (Å²) in [6, 6.07) is 11.0. The molecule has 0 saturated heterocycles. The largest absolute Gasteiger partial charge is 0.309 e. The molecule has 2 heterocycles. The number of nitrogens with zero attached hydrogens (tertiary/aromatic N) is 3. The van der Waals surface area contributed by atoms with Gasteiger partial charge in [-0.05, 0) is 39.2 Å². The number of benzene rings is 1. The molecule has 0 atom stereocenters. The van der Waals surface area contributed by atoms with Crippen molar-refractivity contribution < 1.29 is 4.79 Å². The maximum absolute atomic E-state index is 13.1. The zero-order chi connectivity index (χ0) is 17.6. The first-order valence-corrected chi connectivity index (χ1v) is 8.40. The van der Waals surface area contributed by atoms with Crippen molar-refractivity contribution in [2.24, 2.45) is 0 Å². The monoisotopic (exact) mass is 333 g/mol. The normalized spacial score (nSPS) is 12.7. The van der Waals surface area contributed by atoms with Crippen molar-refractivity contribution in [2.75, 3.05) is 20.6 Å². The topological polar surface area (TPSA) is 55.2 Å². The Labute approximate surface area is 145 Å². The molecule has 0 N–H and O–H groups in total. The smallest absolute Gasteiger partial charge is 0.260 e. The number of ketones is 1. The highest BCUT2D eigenvalue weighted by molar-refractivity contribution is 6.26. The Morgan fingerprint density at radius 1 is 1.04 bits per heavy atom. The molecule has 25 heavy (non-hydrogen) atoms. The summed E-state index contributed by atoms with van der Waals surface area (Å²) in [6.07, 6.45) is 2.47. The Balaban J connectivity index is 2.01. The molecular weight excluding hydrogens is 314 g/mol. The Morgan fingerprint density at radius 3 is 2.56 bits per heavy atom. The van der Waals surface area contributed by atoms with Gasteiger partial charge in [0.05, 0.1) is 22.2 Å². The lowest BCUT2D eigenvalue weighted by Gasteiger charge is -2.16. The first kappa shape index (κ1) is 15.7. The lowest BCUT2D eigenvalue weighted by Crippen LogP contribution is -2.25. The molecule has 5 heteroatoms. The summed E-state index contributed by atoms with van der Waals surface area (Å²) in [6.45, 7) is 1.45. The van der Waals surface area contributed by atoms with Crippen LogP contribution in [0.4, 0.5) is 0 Å². The summed E-state index contributed by atoms with van der Waals surface area (Å²) in [5, 5.41) is 0.507. The minimum absolute atomic E-state index is 0.0457. The second-order valence-electron chi connectivity index (χ2n) is 6.61. The maximum atomic E-state index is 13.1. The first-order valence-electron chi connectivity index (χ1n) is 8.40. The molecule has 1 aromatic carbocycles. The number of fused-ring (bicyclic) bond motifs is 5. The van der Waals surface area contributed by atoms with E-state index in [1.807, 2.05) is 38.4 Å². The van der Waals surface area contributed by atoms with Crippen molar-refractivity contribution in [2.45, 2.75) is 13.0 Å². The van der Waals surface area contributed by atoms with Gasteiger partial charge in [-0.25, -0.2) is 0 Å². The molecule has 5 nitrogen and oxygen atoms in total. The van der Waals surface area contributed by atoms with E-state index in [1.54, 1.807) is 22.9 Å². The SMILES string of the molecule is CN(C)CCCn1c2c(c3ncccc3c1=O)C(=O)c1ccccc1-2. The zero-order valence-corrected chi connectivity index (χ0v) is 14.3. The van der Waals surface area contributed by atoms with Gasteiger partial charge in [0, 0.05) is 23.9 Å². The number of rotatable bonds is 4. The van der Waals surface area contributed by atoms with Crippen molar-refractivity contribution in [1.82, 2.24) is 14.5 Å².